The largest absolute Gasteiger partial charge is 0.480 e. The smallest absolute Gasteiger partial charge is 0.326 e. The molecule has 7 heteroatoms. The van der Waals surface area contributed by atoms with Crippen molar-refractivity contribution in [2.75, 3.05) is 6.54 Å². The number of ether oxygens (including phenoxy) is 1. The lowest BCUT2D eigenvalue weighted by Gasteiger charge is -2.15. The van der Waals surface area contributed by atoms with Gasteiger partial charge in [-0.2, -0.15) is 0 Å². The maximum atomic E-state index is 12.7. The van der Waals surface area contributed by atoms with Crippen molar-refractivity contribution in [3.05, 3.63) is 72.9 Å². The van der Waals surface area contributed by atoms with Crippen LogP contribution in [0.1, 0.15) is 174 Å². The molecule has 0 spiro atoms. The standard InChI is InChI=1S/C45H76N2O5/c1-3-5-7-9-11-12-13-14-15-16-17-18-19-20-21-22-23-24-25-27-33-39-44(49)52-41(35-30-26-10-8-6-4-2)36-31-28-29-32-38-43(48)47-42(45(50)51)37-34-40-46/h5,7-8,10-12,14-15,17-18,30,35,41-42H,3-4,6,9,13,16,19-29,31-34,36-40,46H2,1-2H3,(H,47,48)(H,50,51)/b7-5-,10-8-,12-11-,15-14-,18-17-,35-30-. The molecule has 0 aromatic rings. The van der Waals surface area contributed by atoms with E-state index in [-0.39, 0.29) is 18.0 Å². The lowest BCUT2D eigenvalue weighted by molar-refractivity contribution is -0.147. The Labute approximate surface area is 318 Å². The van der Waals surface area contributed by atoms with Crippen LogP contribution in [0.4, 0.5) is 0 Å². The highest BCUT2D eigenvalue weighted by molar-refractivity contribution is 5.83. The molecule has 4 N–H and O–H groups in total. The number of nitrogens with one attached hydrogen (secondary N) is 1. The molecule has 0 radical (unpaired) electrons. The van der Waals surface area contributed by atoms with Crippen molar-refractivity contribution in [1.82, 2.24) is 5.32 Å². The molecule has 0 fully saturated rings. The van der Waals surface area contributed by atoms with Gasteiger partial charge >= 0.3 is 11.9 Å². The molecular formula is C45H76N2O5. The van der Waals surface area contributed by atoms with E-state index in [1.54, 1.807) is 0 Å². The van der Waals surface area contributed by atoms with Crippen LogP contribution < -0.4 is 11.1 Å². The molecule has 0 aliphatic heterocycles. The summed E-state index contributed by atoms with van der Waals surface area (Å²) in [5.74, 6) is -1.37. The molecule has 2 unspecified atom stereocenters. The van der Waals surface area contributed by atoms with Gasteiger partial charge in [-0.1, -0.05) is 138 Å². The number of rotatable bonds is 36. The molecule has 0 aliphatic carbocycles. The molecule has 1 amide bonds. The Bertz CT molecular complexity index is 1040. The molecule has 52 heavy (non-hydrogen) atoms. The highest BCUT2D eigenvalue weighted by Crippen LogP contribution is 2.15. The number of unbranched alkanes of at least 4 members (excludes halogenated alkanes) is 12. The van der Waals surface area contributed by atoms with E-state index in [2.05, 4.69) is 86.0 Å². The molecule has 0 rings (SSSR count). The first-order valence-corrected chi connectivity index (χ1v) is 20.8. The first kappa shape index (κ1) is 48.8. The minimum atomic E-state index is -1.02. The number of carbonyl (C=O) groups excluding carboxylic acids is 2. The van der Waals surface area contributed by atoms with E-state index >= 15 is 0 Å². The number of aliphatic carboxylic acids is 1. The average Bonchev–Trinajstić information content (AvgIpc) is 3.13. The van der Waals surface area contributed by atoms with Crippen molar-refractivity contribution in [1.29, 1.82) is 0 Å². The fraction of sp³-hybridized carbons (Fsp3) is 0.667. The lowest BCUT2D eigenvalue weighted by Crippen LogP contribution is -2.40. The fourth-order valence-corrected chi connectivity index (χ4v) is 5.63. The molecule has 0 bridgehead atoms. The van der Waals surface area contributed by atoms with Gasteiger partial charge in [-0.3, -0.25) is 9.59 Å². The molecule has 0 aliphatic rings. The number of carboxylic acids is 1. The Morgan fingerprint density at radius 3 is 1.71 bits per heavy atom. The summed E-state index contributed by atoms with van der Waals surface area (Å²) >= 11 is 0. The second kappa shape index (κ2) is 39.0. The number of esters is 1. The summed E-state index contributed by atoms with van der Waals surface area (Å²) in [5.41, 5.74) is 5.47. The minimum absolute atomic E-state index is 0.119. The number of carbonyl (C=O) groups is 3. The predicted molar refractivity (Wildman–Crippen MR) is 220 cm³/mol. The molecule has 0 heterocycles. The van der Waals surface area contributed by atoms with Gasteiger partial charge in [0.25, 0.3) is 0 Å². The first-order valence-electron chi connectivity index (χ1n) is 20.8. The van der Waals surface area contributed by atoms with Gasteiger partial charge < -0.3 is 20.9 Å². The summed E-state index contributed by atoms with van der Waals surface area (Å²) in [6.45, 7) is 4.72. The van der Waals surface area contributed by atoms with Crippen molar-refractivity contribution in [3.8, 4) is 0 Å². The normalized spacial score (nSPS) is 13.4. The lowest BCUT2D eigenvalue weighted by atomic mass is 10.1. The third kappa shape index (κ3) is 35.2. The van der Waals surface area contributed by atoms with Crippen LogP contribution in [0.5, 0.6) is 0 Å². The third-order valence-corrected chi connectivity index (χ3v) is 8.72. The Kier molecular flexibility index (Phi) is 36.6. The molecule has 7 nitrogen and oxygen atoms in total. The summed E-state index contributed by atoms with van der Waals surface area (Å²) < 4.78 is 5.87. The summed E-state index contributed by atoms with van der Waals surface area (Å²) in [5, 5.41) is 11.9. The molecule has 296 valence electrons. The highest BCUT2D eigenvalue weighted by Gasteiger charge is 2.19. The van der Waals surface area contributed by atoms with Crippen molar-refractivity contribution in [3.63, 3.8) is 0 Å². The van der Waals surface area contributed by atoms with Crippen LogP contribution in [0, 0.1) is 0 Å². The Balaban J connectivity index is 4.15. The number of carboxylic acid groups (broad SMARTS) is 1. The van der Waals surface area contributed by atoms with E-state index < -0.39 is 12.0 Å². The predicted octanol–water partition coefficient (Wildman–Crippen LogP) is 11.6. The number of hydrogen-bond donors (Lipinski definition) is 3. The van der Waals surface area contributed by atoms with Crippen LogP contribution in [0.25, 0.3) is 0 Å². The third-order valence-electron chi connectivity index (χ3n) is 8.72. The molecular weight excluding hydrogens is 649 g/mol. The van der Waals surface area contributed by atoms with Crippen LogP contribution in [-0.4, -0.2) is 41.6 Å². The van der Waals surface area contributed by atoms with E-state index in [9.17, 15) is 19.5 Å². The number of nitrogens with two attached hydrogens (primary N) is 1. The maximum Gasteiger partial charge on any atom is 0.326 e. The SMILES string of the molecule is CC/C=C\C/C=C\C/C=C\C/C=C\CCCCCCCCCCC(=O)OC(/C=C\C/C=C\CCC)CCCCCCC(=O)NC(CCCN)C(=O)O. The number of allylic oxidation sites excluding steroid dienone is 11. The highest BCUT2D eigenvalue weighted by atomic mass is 16.5. The van der Waals surface area contributed by atoms with Crippen LogP contribution in [0.15, 0.2) is 72.9 Å². The van der Waals surface area contributed by atoms with Gasteiger partial charge in [0.2, 0.25) is 5.91 Å². The van der Waals surface area contributed by atoms with Gasteiger partial charge in [0.15, 0.2) is 0 Å². The van der Waals surface area contributed by atoms with Gasteiger partial charge in [-0.25, -0.2) is 4.79 Å². The van der Waals surface area contributed by atoms with E-state index in [0.29, 0.717) is 38.6 Å². The molecule has 2 atom stereocenters. The number of amides is 1. The van der Waals surface area contributed by atoms with Crippen LogP contribution in [-0.2, 0) is 19.1 Å². The van der Waals surface area contributed by atoms with Crippen molar-refractivity contribution >= 4 is 17.8 Å². The van der Waals surface area contributed by atoms with E-state index in [0.717, 1.165) is 89.9 Å². The monoisotopic (exact) mass is 725 g/mol. The van der Waals surface area contributed by atoms with Crippen molar-refractivity contribution in [2.24, 2.45) is 5.73 Å². The zero-order valence-corrected chi connectivity index (χ0v) is 33.1. The molecule has 0 saturated heterocycles. The Morgan fingerprint density at radius 1 is 0.596 bits per heavy atom. The maximum absolute atomic E-state index is 12.7. The second-order valence-corrected chi connectivity index (χ2v) is 13.7. The van der Waals surface area contributed by atoms with Gasteiger partial charge in [0.05, 0.1) is 0 Å². The van der Waals surface area contributed by atoms with Crippen LogP contribution >= 0.6 is 0 Å². The topological polar surface area (TPSA) is 119 Å². The van der Waals surface area contributed by atoms with Crippen LogP contribution in [0.2, 0.25) is 0 Å². The molecule has 0 aromatic heterocycles. The Morgan fingerprint density at radius 2 is 1.12 bits per heavy atom. The quantitative estimate of drug-likeness (QED) is 0.0336. The summed E-state index contributed by atoms with van der Waals surface area (Å²) in [7, 11) is 0. The average molecular weight is 725 g/mol. The van der Waals surface area contributed by atoms with Gasteiger partial charge in [0, 0.05) is 12.8 Å². The van der Waals surface area contributed by atoms with Crippen LogP contribution in [0.3, 0.4) is 0 Å². The van der Waals surface area contributed by atoms with E-state index in [4.69, 9.17) is 10.5 Å². The Hall–Kier alpha value is -3.19. The molecule has 0 saturated carbocycles. The van der Waals surface area contributed by atoms with Gasteiger partial charge in [0.1, 0.15) is 12.1 Å². The molecule has 0 aromatic carbocycles. The zero-order chi connectivity index (χ0) is 38.2. The first-order chi connectivity index (χ1) is 25.4. The minimum Gasteiger partial charge on any atom is -0.480 e. The van der Waals surface area contributed by atoms with Crippen molar-refractivity contribution < 1.29 is 24.2 Å². The summed E-state index contributed by atoms with van der Waals surface area (Å²) in [6, 6.07) is -0.877. The summed E-state index contributed by atoms with van der Waals surface area (Å²) in [6.07, 6.45) is 49.8. The van der Waals surface area contributed by atoms with Gasteiger partial charge in [-0.15, -0.1) is 0 Å². The second-order valence-electron chi connectivity index (χ2n) is 13.7. The van der Waals surface area contributed by atoms with E-state index in [1.807, 2.05) is 6.08 Å². The van der Waals surface area contributed by atoms with Gasteiger partial charge in [-0.05, 0) is 103 Å². The zero-order valence-electron chi connectivity index (χ0n) is 33.1. The number of hydrogen-bond acceptors (Lipinski definition) is 5. The fourth-order valence-electron chi connectivity index (χ4n) is 5.63. The van der Waals surface area contributed by atoms with E-state index in [1.165, 1.54) is 38.5 Å². The van der Waals surface area contributed by atoms with Crippen molar-refractivity contribution in [2.45, 2.75) is 187 Å². The summed E-state index contributed by atoms with van der Waals surface area (Å²) in [4.78, 5) is 36.2.